The van der Waals surface area contributed by atoms with Crippen molar-refractivity contribution in [3.05, 3.63) is 94.5 Å². The van der Waals surface area contributed by atoms with E-state index in [-0.39, 0.29) is 16.4 Å². The number of carbonyl (C=O) groups excluding carboxylic acids is 1. The number of hydrogen-bond acceptors (Lipinski definition) is 3. The van der Waals surface area contributed by atoms with E-state index in [9.17, 15) is 22.0 Å². The van der Waals surface area contributed by atoms with Crippen LogP contribution in [0.15, 0.2) is 71.6 Å². The first-order valence-corrected chi connectivity index (χ1v) is 11.0. The number of halogens is 3. The molecule has 1 atom stereocenters. The minimum atomic E-state index is -4.13. The van der Waals surface area contributed by atoms with Gasteiger partial charge in [-0.15, -0.1) is 0 Å². The second-order valence-corrected chi connectivity index (χ2v) is 8.97. The van der Waals surface area contributed by atoms with Gasteiger partial charge in [0.25, 0.3) is 0 Å². The Morgan fingerprint density at radius 1 is 1.00 bits per heavy atom. The lowest BCUT2D eigenvalue weighted by Gasteiger charge is -2.21. The fourth-order valence-corrected chi connectivity index (χ4v) is 4.29. The van der Waals surface area contributed by atoms with Gasteiger partial charge in [0.15, 0.2) is 11.6 Å². The summed E-state index contributed by atoms with van der Waals surface area (Å²) in [7, 11) is -2.57. The van der Waals surface area contributed by atoms with Gasteiger partial charge in [-0.3, -0.25) is 4.79 Å². The maximum atomic E-state index is 14.5. The Morgan fingerprint density at radius 2 is 1.61 bits per heavy atom. The Hall–Kier alpha value is -2.81. The van der Waals surface area contributed by atoms with Gasteiger partial charge in [0.1, 0.15) is 0 Å². The Bertz CT molecular complexity index is 1200. The van der Waals surface area contributed by atoms with E-state index in [1.54, 1.807) is 7.05 Å². The van der Waals surface area contributed by atoms with E-state index in [4.69, 9.17) is 11.6 Å². The smallest absolute Gasteiger partial charge is 0.241 e. The first-order chi connectivity index (χ1) is 14.6. The fraction of sp³-hybridized carbons (Fsp3) is 0.136. The molecule has 0 fully saturated rings. The van der Waals surface area contributed by atoms with Crippen LogP contribution < -0.4 is 9.62 Å². The number of sulfonamides is 1. The maximum absolute atomic E-state index is 14.5. The zero-order chi connectivity index (χ0) is 22.8. The molecule has 5 nitrogen and oxygen atoms in total. The van der Waals surface area contributed by atoms with Crippen LogP contribution in [0.4, 0.5) is 14.5 Å². The van der Waals surface area contributed by atoms with E-state index in [2.05, 4.69) is 4.72 Å². The van der Waals surface area contributed by atoms with Crippen LogP contribution in [0.2, 0.25) is 5.02 Å². The molecule has 1 amide bonds. The minimum absolute atomic E-state index is 0.0935. The van der Waals surface area contributed by atoms with E-state index in [1.807, 2.05) is 0 Å². The van der Waals surface area contributed by atoms with E-state index >= 15 is 0 Å². The van der Waals surface area contributed by atoms with Crippen LogP contribution in [0.5, 0.6) is 0 Å². The van der Waals surface area contributed by atoms with Gasteiger partial charge < -0.3 is 4.90 Å². The zero-order valence-corrected chi connectivity index (χ0v) is 18.2. The summed E-state index contributed by atoms with van der Waals surface area (Å²) in [5.41, 5.74) is 0.723. The topological polar surface area (TPSA) is 66.5 Å². The number of anilines is 1. The molecule has 162 valence electrons. The lowest BCUT2D eigenvalue weighted by Crippen LogP contribution is -2.30. The van der Waals surface area contributed by atoms with Gasteiger partial charge in [0, 0.05) is 30.2 Å². The molecule has 0 aliphatic rings. The first-order valence-electron chi connectivity index (χ1n) is 9.16. The Morgan fingerprint density at radius 3 is 2.19 bits per heavy atom. The third-order valence-electron chi connectivity index (χ3n) is 4.78. The Balaban J connectivity index is 2.01. The molecule has 3 aromatic carbocycles. The van der Waals surface area contributed by atoms with Crippen LogP contribution in [0, 0.1) is 11.6 Å². The standard InChI is InChI=1S/C22H19ClF2N2O3S/c1-14(28)27(2)17-10-12-18(13-11-17)31(29,30)26-22(15-6-8-16(23)9-7-15)19-4-3-5-20(24)21(19)25/h3-13,22,26H,1-2H3. The molecule has 0 saturated heterocycles. The van der Waals surface area contributed by atoms with Gasteiger partial charge >= 0.3 is 0 Å². The van der Waals surface area contributed by atoms with Gasteiger partial charge in [0.05, 0.1) is 10.9 Å². The normalized spacial score (nSPS) is 12.4. The van der Waals surface area contributed by atoms with E-state index < -0.39 is 27.7 Å². The van der Waals surface area contributed by atoms with Crippen molar-refractivity contribution >= 4 is 33.2 Å². The van der Waals surface area contributed by atoms with Gasteiger partial charge in [-0.1, -0.05) is 35.9 Å². The molecule has 0 aromatic heterocycles. The summed E-state index contributed by atoms with van der Waals surface area (Å²) in [6.45, 7) is 1.39. The summed E-state index contributed by atoms with van der Waals surface area (Å²) in [6.07, 6.45) is 0. The number of rotatable bonds is 6. The van der Waals surface area contributed by atoms with Crippen molar-refractivity contribution in [3.8, 4) is 0 Å². The summed E-state index contributed by atoms with van der Waals surface area (Å²) in [5.74, 6) is -2.45. The predicted molar refractivity (Wildman–Crippen MR) is 116 cm³/mol. The second-order valence-electron chi connectivity index (χ2n) is 6.82. The molecule has 31 heavy (non-hydrogen) atoms. The highest BCUT2D eigenvalue weighted by molar-refractivity contribution is 7.89. The SMILES string of the molecule is CC(=O)N(C)c1ccc(S(=O)(=O)NC(c2ccc(Cl)cc2)c2cccc(F)c2F)cc1. The highest BCUT2D eigenvalue weighted by atomic mass is 35.5. The van der Waals surface area contributed by atoms with Gasteiger partial charge in [0.2, 0.25) is 15.9 Å². The van der Waals surface area contributed by atoms with Crippen molar-refractivity contribution in [2.75, 3.05) is 11.9 Å². The van der Waals surface area contributed by atoms with Crippen molar-refractivity contribution in [3.63, 3.8) is 0 Å². The number of hydrogen-bond donors (Lipinski definition) is 1. The molecular formula is C22H19ClF2N2O3S. The molecule has 3 rings (SSSR count). The lowest BCUT2D eigenvalue weighted by molar-refractivity contribution is -0.116. The summed E-state index contributed by atoms with van der Waals surface area (Å²) in [5, 5.41) is 0.412. The monoisotopic (exact) mass is 464 g/mol. The number of nitrogens with zero attached hydrogens (tertiary/aromatic N) is 1. The Labute approximate surface area is 184 Å². The fourth-order valence-electron chi connectivity index (χ4n) is 2.96. The van der Waals surface area contributed by atoms with Crippen LogP contribution in [-0.4, -0.2) is 21.4 Å². The third-order valence-corrected chi connectivity index (χ3v) is 6.47. The van der Waals surface area contributed by atoms with Crippen molar-refractivity contribution in [1.82, 2.24) is 4.72 Å². The highest BCUT2D eigenvalue weighted by Crippen LogP contribution is 2.29. The second kappa shape index (κ2) is 9.13. The number of amides is 1. The average Bonchev–Trinajstić information content (AvgIpc) is 2.74. The Kier molecular flexibility index (Phi) is 6.74. The molecule has 0 heterocycles. The molecule has 0 aliphatic heterocycles. The zero-order valence-electron chi connectivity index (χ0n) is 16.6. The molecule has 9 heteroatoms. The lowest BCUT2D eigenvalue weighted by atomic mass is 9.99. The predicted octanol–water partition coefficient (Wildman–Crippen LogP) is 4.67. The van der Waals surface area contributed by atoms with Crippen LogP contribution in [0.3, 0.4) is 0 Å². The van der Waals surface area contributed by atoms with Gasteiger partial charge in [-0.05, 0) is 48.0 Å². The summed E-state index contributed by atoms with van der Waals surface area (Å²) >= 11 is 5.91. The third kappa shape index (κ3) is 5.10. The van der Waals surface area contributed by atoms with Crippen molar-refractivity contribution < 1.29 is 22.0 Å². The summed E-state index contributed by atoms with van der Waals surface area (Å²) < 4.78 is 56.9. The van der Waals surface area contributed by atoms with Crippen molar-refractivity contribution in [1.29, 1.82) is 0 Å². The van der Waals surface area contributed by atoms with Crippen LogP contribution in [0.25, 0.3) is 0 Å². The minimum Gasteiger partial charge on any atom is -0.316 e. The highest BCUT2D eigenvalue weighted by Gasteiger charge is 2.26. The van der Waals surface area contributed by atoms with Crippen LogP contribution >= 0.6 is 11.6 Å². The molecule has 0 saturated carbocycles. The molecule has 1 unspecified atom stereocenters. The molecule has 3 aromatic rings. The van der Waals surface area contributed by atoms with Crippen molar-refractivity contribution in [2.45, 2.75) is 17.9 Å². The largest absolute Gasteiger partial charge is 0.316 e. The van der Waals surface area contributed by atoms with Gasteiger partial charge in [-0.25, -0.2) is 17.2 Å². The summed E-state index contributed by atoms with van der Waals surface area (Å²) in [6, 6.07) is 14.1. The van der Waals surface area contributed by atoms with E-state index in [0.717, 1.165) is 6.07 Å². The molecule has 0 spiro atoms. The molecule has 1 N–H and O–H groups in total. The van der Waals surface area contributed by atoms with Crippen molar-refractivity contribution in [2.24, 2.45) is 0 Å². The molecule has 0 radical (unpaired) electrons. The number of carbonyl (C=O) groups is 1. The van der Waals surface area contributed by atoms with E-state index in [0.29, 0.717) is 16.3 Å². The molecule has 0 bridgehead atoms. The van der Waals surface area contributed by atoms with Crippen LogP contribution in [0.1, 0.15) is 24.1 Å². The molecular weight excluding hydrogens is 446 g/mol. The first kappa shape index (κ1) is 22.9. The summed E-state index contributed by atoms with van der Waals surface area (Å²) in [4.78, 5) is 12.8. The average molecular weight is 465 g/mol. The number of nitrogens with one attached hydrogen (secondary N) is 1. The quantitative estimate of drug-likeness (QED) is 0.576. The number of benzene rings is 3. The van der Waals surface area contributed by atoms with Gasteiger partial charge in [-0.2, -0.15) is 4.72 Å². The van der Waals surface area contributed by atoms with E-state index in [1.165, 1.54) is 72.5 Å². The van der Waals surface area contributed by atoms with Crippen LogP contribution in [-0.2, 0) is 14.8 Å². The maximum Gasteiger partial charge on any atom is 0.241 e. The molecule has 0 aliphatic carbocycles.